The van der Waals surface area contributed by atoms with E-state index in [0.717, 1.165) is 41.7 Å². The van der Waals surface area contributed by atoms with Crippen LogP contribution in [0, 0.1) is 0 Å². The fourth-order valence-corrected chi connectivity index (χ4v) is 4.18. The van der Waals surface area contributed by atoms with Gasteiger partial charge in [-0.3, -0.25) is 4.99 Å². The van der Waals surface area contributed by atoms with Crippen LogP contribution in [0.15, 0.2) is 10.4 Å². The SMILES string of the molecule is CCC1CN(C(=NC)NCc2csc(N(C)C)n2)CCS1.I. The number of thioether (sulfide) groups is 1. The van der Waals surface area contributed by atoms with Crippen molar-refractivity contribution in [3.05, 3.63) is 11.1 Å². The summed E-state index contributed by atoms with van der Waals surface area (Å²) in [6, 6.07) is 0. The van der Waals surface area contributed by atoms with Gasteiger partial charge in [0.2, 0.25) is 0 Å². The molecule has 0 aromatic carbocycles. The van der Waals surface area contributed by atoms with Gasteiger partial charge in [0.25, 0.3) is 0 Å². The normalized spacial score (nSPS) is 18.8. The minimum absolute atomic E-state index is 0. The van der Waals surface area contributed by atoms with Crippen molar-refractivity contribution in [2.75, 3.05) is 44.9 Å². The number of hydrogen-bond donors (Lipinski definition) is 1. The number of hydrogen-bond acceptors (Lipinski definition) is 5. The van der Waals surface area contributed by atoms with E-state index in [2.05, 4.69) is 44.3 Å². The fourth-order valence-electron chi connectivity index (χ4n) is 2.24. The predicted molar refractivity (Wildman–Crippen MR) is 110 cm³/mol. The van der Waals surface area contributed by atoms with Crippen LogP contribution in [-0.4, -0.2) is 61.1 Å². The van der Waals surface area contributed by atoms with Crippen LogP contribution >= 0.6 is 47.1 Å². The highest BCUT2D eigenvalue weighted by Crippen LogP contribution is 2.21. The van der Waals surface area contributed by atoms with Crippen LogP contribution < -0.4 is 10.2 Å². The Morgan fingerprint density at radius 3 is 2.91 bits per heavy atom. The Bertz CT molecular complexity index is 478. The van der Waals surface area contributed by atoms with Gasteiger partial charge < -0.3 is 15.1 Å². The molecule has 1 atom stereocenters. The third-order valence-electron chi connectivity index (χ3n) is 3.46. The van der Waals surface area contributed by atoms with Gasteiger partial charge in [0.1, 0.15) is 0 Å². The van der Waals surface area contributed by atoms with Crippen LogP contribution in [0.2, 0.25) is 0 Å². The standard InChI is InChI=1S/C14H25N5S2.HI/c1-5-12-9-19(6-7-20-12)13(15-2)16-8-11-10-21-14(17-11)18(3)4;/h10,12H,5-9H2,1-4H3,(H,15,16);1H. The van der Waals surface area contributed by atoms with Gasteiger partial charge in [0.05, 0.1) is 12.2 Å². The molecular weight excluding hydrogens is 429 g/mol. The first kappa shape index (κ1) is 19.8. The lowest BCUT2D eigenvalue weighted by Gasteiger charge is -2.34. The lowest BCUT2D eigenvalue weighted by atomic mass is 10.3. The molecule has 1 saturated heterocycles. The second-order valence-electron chi connectivity index (χ2n) is 5.26. The molecule has 1 fully saturated rings. The van der Waals surface area contributed by atoms with Crippen molar-refractivity contribution < 1.29 is 0 Å². The summed E-state index contributed by atoms with van der Waals surface area (Å²) < 4.78 is 0. The Balaban J connectivity index is 0.00000242. The smallest absolute Gasteiger partial charge is 0.194 e. The largest absolute Gasteiger partial charge is 0.354 e. The maximum absolute atomic E-state index is 4.60. The molecule has 0 saturated carbocycles. The summed E-state index contributed by atoms with van der Waals surface area (Å²) >= 11 is 3.75. The Morgan fingerprint density at radius 2 is 2.32 bits per heavy atom. The van der Waals surface area contributed by atoms with Gasteiger partial charge in [0.15, 0.2) is 11.1 Å². The first-order valence-electron chi connectivity index (χ1n) is 7.33. The molecule has 2 rings (SSSR count). The van der Waals surface area contributed by atoms with Gasteiger partial charge >= 0.3 is 0 Å². The van der Waals surface area contributed by atoms with Crippen LogP contribution in [0.3, 0.4) is 0 Å². The zero-order valence-corrected chi connectivity index (χ0v) is 17.7. The zero-order chi connectivity index (χ0) is 15.2. The van der Waals surface area contributed by atoms with E-state index in [9.17, 15) is 0 Å². The van der Waals surface area contributed by atoms with Crippen LogP contribution in [-0.2, 0) is 6.54 Å². The molecule has 126 valence electrons. The molecule has 2 heterocycles. The number of anilines is 1. The number of halogens is 1. The maximum atomic E-state index is 4.60. The molecule has 8 heteroatoms. The third kappa shape index (κ3) is 5.45. The molecule has 0 aliphatic carbocycles. The van der Waals surface area contributed by atoms with E-state index >= 15 is 0 Å². The van der Waals surface area contributed by atoms with Crippen molar-refractivity contribution >= 4 is 58.2 Å². The summed E-state index contributed by atoms with van der Waals surface area (Å²) in [6.07, 6.45) is 1.22. The molecular formula is C14H26IN5S2. The quantitative estimate of drug-likeness (QED) is 0.430. The lowest BCUT2D eigenvalue weighted by Crippen LogP contribution is -2.47. The second kappa shape index (κ2) is 9.82. The van der Waals surface area contributed by atoms with E-state index in [1.54, 1.807) is 11.3 Å². The van der Waals surface area contributed by atoms with Crippen molar-refractivity contribution in [2.24, 2.45) is 4.99 Å². The van der Waals surface area contributed by atoms with Gasteiger partial charge in [-0.2, -0.15) is 11.8 Å². The summed E-state index contributed by atoms with van der Waals surface area (Å²) in [4.78, 5) is 13.4. The van der Waals surface area contributed by atoms with Crippen molar-refractivity contribution in [1.82, 2.24) is 15.2 Å². The minimum Gasteiger partial charge on any atom is -0.354 e. The first-order valence-corrected chi connectivity index (χ1v) is 9.25. The summed E-state index contributed by atoms with van der Waals surface area (Å²) in [7, 11) is 5.90. The van der Waals surface area contributed by atoms with Gasteiger partial charge in [-0.15, -0.1) is 35.3 Å². The van der Waals surface area contributed by atoms with E-state index in [4.69, 9.17) is 0 Å². The monoisotopic (exact) mass is 455 g/mol. The Kier molecular flexibility index (Phi) is 8.85. The summed E-state index contributed by atoms with van der Waals surface area (Å²) in [6.45, 7) is 5.15. The number of nitrogens with one attached hydrogen (secondary N) is 1. The average Bonchev–Trinajstić information content (AvgIpc) is 2.97. The summed E-state index contributed by atoms with van der Waals surface area (Å²) in [5, 5.41) is 7.32. The van der Waals surface area contributed by atoms with Crippen molar-refractivity contribution in [2.45, 2.75) is 25.1 Å². The second-order valence-corrected chi connectivity index (χ2v) is 7.51. The summed E-state index contributed by atoms with van der Waals surface area (Å²) in [5.41, 5.74) is 1.07. The van der Waals surface area contributed by atoms with Gasteiger partial charge in [0, 0.05) is 50.6 Å². The Hall–Kier alpha value is -0.220. The molecule has 1 unspecified atom stereocenters. The lowest BCUT2D eigenvalue weighted by molar-refractivity contribution is 0.408. The predicted octanol–water partition coefficient (Wildman–Crippen LogP) is 2.73. The van der Waals surface area contributed by atoms with E-state index in [-0.39, 0.29) is 24.0 Å². The Labute approximate surface area is 159 Å². The third-order valence-corrected chi connectivity index (χ3v) is 5.88. The van der Waals surface area contributed by atoms with Gasteiger partial charge in [-0.1, -0.05) is 6.92 Å². The number of aromatic nitrogens is 1. The number of aliphatic imine (C=N–C) groups is 1. The Morgan fingerprint density at radius 1 is 1.55 bits per heavy atom. The van der Waals surface area contributed by atoms with E-state index in [0.29, 0.717) is 0 Å². The molecule has 1 N–H and O–H groups in total. The molecule has 0 amide bonds. The number of rotatable bonds is 4. The molecule has 1 aromatic heterocycles. The first-order chi connectivity index (χ1) is 10.1. The van der Waals surface area contributed by atoms with Crippen molar-refractivity contribution in [3.8, 4) is 0 Å². The molecule has 5 nitrogen and oxygen atoms in total. The molecule has 0 spiro atoms. The number of thiazole rings is 1. The highest BCUT2D eigenvalue weighted by atomic mass is 127. The van der Waals surface area contributed by atoms with Crippen LogP contribution in [0.4, 0.5) is 5.13 Å². The number of nitrogens with zero attached hydrogens (tertiary/aromatic N) is 4. The molecule has 1 aliphatic heterocycles. The number of guanidine groups is 1. The van der Waals surface area contributed by atoms with Crippen molar-refractivity contribution in [1.29, 1.82) is 0 Å². The van der Waals surface area contributed by atoms with Gasteiger partial charge in [-0.25, -0.2) is 4.98 Å². The van der Waals surface area contributed by atoms with Crippen LogP contribution in [0.5, 0.6) is 0 Å². The van der Waals surface area contributed by atoms with E-state index in [1.165, 1.54) is 12.2 Å². The molecule has 0 radical (unpaired) electrons. The van der Waals surface area contributed by atoms with E-state index in [1.807, 2.05) is 26.0 Å². The minimum atomic E-state index is 0. The molecule has 22 heavy (non-hydrogen) atoms. The maximum Gasteiger partial charge on any atom is 0.194 e. The van der Waals surface area contributed by atoms with E-state index < -0.39 is 0 Å². The van der Waals surface area contributed by atoms with Crippen LogP contribution in [0.1, 0.15) is 19.0 Å². The molecule has 1 aliphatic rings. The summed E-state index contributed by atoms with van der Waals surface area (Å²) in [5.74, 6) is 2.17. The van der Waals surface area contributed by atoms with Gasteiger partial charge in [-0.05, 0) is 6.42 Å². The molecule has 1 aromatic rings. The average molecular weight is 455 g/mol. The fraction of sp³-hybridized carbons (Fsp3) is 0.714. The van der Waals surface area contributed by atoms with Crippen LogP contribution in [0.25, 0.3) is 0 Å². The zero-order valence-electron chi connectivity index (χ0n) is 13.7. The highest BCUT2D eigenvalue weighted by molar-refractivity contribution is 14.0. The highest BCUT2D eigenvalue weighted by Gasteiger charge is 2.21. The van der Waals surface area contributed by atoms with Crippen molar-refractivity contribution in [3.63, 3.8) is 0 Å². The molecule has 0 bridgehead atoms. The topological polar surface area (TPSA) is 43.8 Å².